The van der Waals surface area contributed by atoms with Crippen molar-refractivity contribution in [3.05, 3.63) is 30.3 Å². The van der Waals surface area contributed by atoms with E-state index in [2.05, 4.69) is 20.8 Å². The SMILES string of the molecule is CC(C)(CO)CNc1nnnn1-c1ccccc1. The number of hydrogen-bond donors (Lipinski definition) is 2. The fraction of sp³-hybridized carbons (Fsp3) is 0.417. The lowest BCUT2D eigenvalue weighted by Gasteiger charge is -2.21. The highest BCUT2D eigenvalue weighted by atomic mass is 16.3. The summed E-state index contributed by atoms with van der Waals surface area (Å²) in [5.74, 6) is 0.572. The van der Waals surface area contributed by atoms with Gasteiger partial charge < -0.3 is 10.4 Å². The van der Waals surface area contributed by atoms with Crippen molar-refractivity contribution in [1.82, 2.24) is 20.2 Å². The second kappa shape index (κ2) is 5.14. The van der Waals surface area contributed by atoms with Crippen molar-refractivity contribution in [3.8, 4) is 5.69 Å². The van der Waals surface area contributed by atoms with Crippen LogP contribution in [0.15, 0.2) is 30.3 Å². The number of aliphatic hydroxyl groups excluding tert-OH is 1. The van der Waals surface area contributed by atoms with E-state index in [4.69, 9.17) is 0 Å². The Labute approximate surface area is 106 Å². The molecule has 0 radical (unpaired) electrons. The number of benzene rings is 1. The van der Waals surface area contributed by atoms with Gasteiger partial charge in [0.1, 0.15) is 0 Å². The van der Waals surface area contributed by atoms with E-state index in [1.807, 2.05) is 44.2 Å². The Balaban J connectivity index is 2.14. The van der Waals surface area contributed by atoms with Crippen molar-refractivity contribution >= 4 is 5.95 Å². The zero-order valence-electron chi connectivity index (χ0n) is 10.5. The summed E-state index contributed by atoms with van der Waals surface area (Å²) in [6, 6.07) is 9.66. The molecule has 2 aromatic rings. The first-order valence-electron chi connectivity index (χ1n) is 5.81. The molecule has 0 aliphatic carbocycles. The number of anilines is 1. The first-order valence-corrected chi connectivity index (χ1v) is 5.81. The maximum Gasteiger partial charge on any atom is 0.247 e. The zero-order valence-corrected chi connectivity index (χ0v) is 10.5. The second-order valence-corrected chi connectivity index (χ2v) is 4.93. The van der Waals surface area contributed by atoms with Gasteiger partial charge in [0, 0.05) is 18.6 Å². The average Bonchev–Trinajstić information content (AvgIpc) is 2.86. The maximum absolute atomic E-state index is 9.21. The molecule has 1 aromatic carbocycles. The van der Waals surface area contributed by atoms with E-state index in [0.29, 0.717) is 12.5 Å². The van der Waals surface area contributed by atoms with Crippen molar-refractivity contribution < 1.29 is 5.11 Å². The van der Waals surface area contributed by atoms with Crippen molar-refractivity contribution in [2.75, 3.05) is 18.5 Å². The van der Waals surface area contributed by atoms with Crippen molar-refractivity contribution in [2.24, 2.45) is 5.41 Å². The number of para-hydroxylation sites is 1. The van der Waals surface area contributed by atoms with Crippen molar-refractivity contribution in [1.29, 1.82) is 0 Å². The van der Waals surface area contributed by atoms with Crippen LogP contribution in [0, 0.1) is 5.41 Å². The number of hydrogen-bond acceptors (Lipinski definition) is 5. The van der Waals surface area contributed by atoms with Gasteiger partial charge in [-0.3, -0.25) is 0 Å². The van der Waals surface area contributed by atoms with Crippen LogP contribution < -0.4 is 5.32 Å². The minimum Gasteiger partial charge on any atom is -0.396 e. The molecule has 0 aliphatic rings. The lowest BCUT2D eigenvalue weighted by Crippen LogP contribution is -2.27. The standard InChI is InChI=1S/C12H17N5O/c1-12(2,9-18)8-13-11-14-15-16-17(11)10-6-4-3-5-7-10/h3-7,18H,8-9H2,1-2H3,(H,13,14,16). The normalized spacial score (nSPS) is 11.5. The van der Waals surface area contributed by atoms with E-state index in [0.717, 1.165) is 5.69 Å². The summed E-state index contributed by atoms with van der Waals surface area (Å²) >= 11 is 0. The Kier molecular flexibility index (Phi) is 3.57. The van der Waals surface area contributed by atoms with Gasteiger partial charge >= 0.3 is 0 Å². The maximum atomic E-state index is 9.21. The lowest BCUT2D eigenvalue weighted by molar-refractivity contribution is 0.170. The average molecular weight is 247 g/mol. The molecular weight excluding hydrogens is 230 g/mol. The van der Waals surface area contributed by atoms with E-state index in [1.54, 1.807) is 4.68 Å². The van der Waals surface area contributed by atoms with Crippen LogP contribution in [0.25, 0.3) is 5.69 Å². The molecule has 0 aliphatic heterocycles. The van der Waals surface area contributed by atoms with Crippen LogP contribution in [0.5, 0.6) is 0 Å². The number of aromatic nitrogens is 4. The summed E-state index contributed by atoms with van der Waals surface area (Å²) in [6.07, 6.45) is 0. The minimum absolute atomic E-state index is 0.104. The van der Waals surface area contributed by atoms with Gasteiger partial charge in [-0.1, -0.05) is 37.1 Å². The molecule has 1 aromatic heterocycles. The molecule has 2 N–H and O–H groups in total. The monoisotopic (exact) mass is 247 g/mol. The summed E-state index contributed by atoms with van der Waals surface area (Å²) in [5, 5.41) is 23.9. The molecule has 0 spiro atoms. The Morgan fingerprint density at radius 3 is 2.67 bits per heavy atom. The summed E-state index contributed by atoms with van der Waals surface area (Å²) in [7, 11) is 0. The Hall–Kier alpha value is -1.95. The first-order chi connectivity index (χ1) is 8.62. The molecule has 0 amide bonds. The molecule has 0 atom stereocenters. The molecule has 0 fully saturated rings. The van der Waals surface area contributed by atoms with Crippen LogP contribution in [-0.4, -0.2) is 38.5 Å². The highest BCUT2D eigenvalue weighted by Gasteiger charge is 2.18. The van der Waals surface area contributed by atoms with Crippen LogP contribution in [0.1, 0.15) is 13.8 Å². The summed E-state index contributed by atoms with van der Waals surface area (Å²) < 4.78 is 1.63. The molecule has 1 heterocycles. The molecule has 0 saturated heterocycles. The van der Waals surface area contributed by atoms with Crippen LogP contribution >= 0.6 is 0 Å². The summed E-state index contributed by atoms with van der Waals surface area (Å²) in [6.45, 7) is 4.64. The third-order valence-electron chi connectivity index (χ3n) is 2.62. The highest BCUT2D eigenvalue weighted by Crippen LogP contribution is 2.16. The smallest absolute Gasteiger partial charge is 0.247 e. The second-order valence-electron chi connectivity index (χ2n) is 4.93. The predicted octanol–water partition coefficient (Wildman–Crippen LogP) is 1.09. The number of aliphatic hydroxyl groups is 1. The van der Waals surface area contributed by atoms with Gasteiger partial charge in [0.2, 0.25) is 5.95 Å². The third kappa shape index (κ3) is 2.84. The van der Waals surface area contributed by atoms with E-state index in [1.165, 1.54) is 0 Å². The molecular formula is C12H17N5O. The molecule has 6 heteroatoms. The molecule has 0 saturated carbocycles. The van der Waals surface area contributed by atoms with Crippen LogP contribution in [0.2, 0.25) is 0 Å². The zero-order chi connectivity index (χ0) is 13.0. The van der Waals surface area contributed by atoms with Gasteiger partial charge in [0.05, 0.1) is 5.69 Å². The Morgan fingerprint density at radius 1 is 1.28 bits per heavy atom. The van der Waals surface area contributed by atoms with Gasteiger partial charge in [-0.15, -0.1) is 0 Å². The van der Waals surface area contributed by atoms with Crippen LogP contribution in [0.4, 0.5) is 5.95 Å². The summed E-state index contributed by atoms with van der Waals surface area (Å²) in [5.41, 5.74) is 0.680. The van der Waals surface area contributed by atoms with Gasteiger partial charge in [0.15, 0.2) is 0 Å². The molecule has 0 unspecified atom stereocenters. The van der Waals surface area contributed by atoms with Gasteiger partial charge in [-0.2, -0.15) is 4.68 Å². The van der Waals surface area contributed by atoms with Crippen molar-refractivity contribution in [3.63, 3.8) is 0 Å². The van der Waals surface area contributed by atoms with Gasteiger partial charge in [-0.25, -0.2) is 0 Å². The Morgan fingerprint density at radius 2 is 2.00 bits per heavy atom. The van der Waals surface area contributed by atoms with Crippen molar-refractivity contribution in [2.45, 2.75) is 13.8 Å². The van der Waals surface area contributed by atoms with Gasteiger partial charge in [-0.05, 0) is 22.6 Å². The fourth-order valence-corrected chi connectivity index (χ4v) is 1.41. The largest absolute Gasteiger partial charge is 0.396 e. The summed E-state index contributed by atoms with van der Waals surface area (Å²) in [4.78, 5) is 0. The topological polar surface area (TPSA) is 75.9 Å². The quantitative estimate of drug-likeness (QED) is 0.827. The molecule has 6 nitrogen and oxygen atoms in total. The number of nitrogens with zero attached hydrogens (tertiary/aromatic N) is 4. The third-order valence-corrected chi connectivity index (χ3v) is 2.62. The fourth-order valence-electron chi connectivity index (χ4n) is 1.41. The highest BCUT2D eigenvalue weighted by molar-refractivity contribution is 5.38. The van der Waals surface area contributed by atoms with E-state index < -0.39 is 0 Å². The van der Waals surface area contributed by atoms with Gasteiger partial charge in [0.25, 0.3) is 0 Å². The molecule has 0 bridgehead atoms. The minimum atomic E-state index is -0.215. The number of nitrogens with one attached hydrogen (secondary N) is 1. The Bertz CT molecular complexity index is 494. The number of tetrazole rings is 1. The number of rotatable bonds is 5. The molecule has 18 heavy (non-hydrogen) atoms. The molecule has 2 rings (SSSR count). The van der Waals surface area contributed by atoms with Crippen LogP contribution in [0.3, 0.4) is 0 Å². The van der Waals surface area contributed by atoms with Crippen LogP contribution in [-0.2, 0) is 0 Å². The van der Waals surface area contributed by atoms with E-state index in [-0.39, 0.29) is 12.0 Å². The molecule has 96 valence electrons. The first kappa shape index (κ1) is 12.5. The van der Waals surface area contributed by atoms with E-state index >= 15 is 0 Å². The lowest BCUT2D eigenvalue weighted by atomic mass is 9.95. The predicted molar refractivity (Wildman–Crippen MR) is 68.5 cm³/mol. The van der Waals surface area contributed by atoms with E-state index in [9.17, 15) is 5.11 Å².